The highest BCUT2D eigenvalue weighted by Gasteiger charge is 2.65. The van der Waals surface area contributed by atoms with Crippen LogP contribution in [0.25, 0.3) is 0 Å². The molecule has 196 valence electrons. The standard InChI is InChI=1S/C28H45F3O3/c1-18(8-11-26(32)14-15-34-17-26)21-6-7-22-20-5-4-19-16-27(33,28(29,30)31)13-12-24(19,2)23(20)9-10-25(21,22)3/h18-23,32-33H,4-17H2,1-3H3/t18-,19-,20-,21-,22-,23-,24-,25+,26?,27-/m0/s1. The first-order valence-corrected chi connectivity index (χ1v) is 13.9. The van der Waals surface area contributed by atoms with E-state index in [1.54, 1.807) is 0 Å². The van der Waals surface area contributed by atoms with Gasteiger partial charge in [-0.25, -0.2) is 0 Å². The normalized spacial score (nSPS) is 52.1. The van der Waals surface area contributed by atoms with E-state index in [0.717, 1.165) is 38.5 Å². The number of fused-ring (bicyclic) bond motifs is 5. The Kier molecular flexibility index (Phi) is 6.21. The highest BCUT2D eigenvalue weighted by Crippen LogP contribution is 2.69. The molecule has 2 N–H and O–H groups in total. The first-order chi connectivity index (χ1) is 15.8. The summed E-state index contributed by atoms with van der Waals surface area (Å²) in [6, 6.07) is 0. The Morgan fingerprint density at radius 3 is 2.32 bits per heavy atom. The molecule has 5 aliphatic rings. The zero-order valence-electron chi connectivity index (χ0n) is 21.3. The van der Waals surface area contributed by atoms with Crippen LogP contribution in [0.4, 0.5) is 13.2 Å². The summed E-state index contributed by atoms with van der Waals surface area (Å²) < 4.78 is 46.2. The van der Waals surface area contributed by atoms with Gasteiger partial charge in [-0.3, -0.25) is 0 Å². The zero-order chi connectivity index (χ0) is 24.6. The number of ether oxygens (including phenoxy) is 1. The third-order valence-corrected chi connectivity index (χ3v) is 12.2. The molecule has 0 aromatic carbocycles. The minimum Gasteiger partial charge on any atom is -0.387 e. The van der Waals surface area contributed by atoms with E-state index in [0.29, 0.717) is 54.6 Å². The van der Waals surface area contributed by atoms with Crippen molar-refractivity contribution >= 4 is 0 Å². The Labute approximate surface area is 203 Å². The fourth-order valence-corrected chi connectivity index (χ4v) is 9.97. The Morgan fingerprint density at radius 1 is 0.912 bits per heavy atom. The summed E-state index contributed by atoms with van der Waals surface area (Å²) in [5, 5.41) is 21.2. The lowest BCUT2D eigenvalue weighted by Gasteiger charge is -2.62. The molecule has 0 spiro atoms. The summed E-state index contributed by atoms with van der Waals surface area (Å²) in [6.45, 7) is 8.27. The molecule has 6 heteroatoms. The number of hydrogen-bond acceptors (Lipinski definition) is 3. The molecular weight excluding hydrogens is 441 g/mol. The van der Waals surface area contributed by atoms with Gasteiger partial charge in [-0.15, -0.1) is 0 Å². The van der Waals surface area contributed by atoms with E-state index in [1.807, 2.05) is 0 Å². The molecule has 1 aliphatic heterocycles. The van der Waals surface area contributed by atoms with Gasteiger partial charge in [0.25, 0.3) is 0 Å². The highest BCUT2D eigenvalue weighted by atomic mass is 19.4. The summed E-state index contributed by atoms with van der Waals surface area (Å²) in [6.07, 6.45) is 4.97. The minimum absolute atomic E-state index is 0.0241. The predicted octanol–water partition coefficient (Wildman–Crippen LogP) is 6.51. The van der Waals surface area contributed by atoms with Crippen molar-refractivity contribution in [3.05, 3.63) is 0 Å². The van der Waals surface area contributed by atoms with Gasteiger partial charge in [0.15, 0.2) is 5.60 Å². The molecule has 0 radical (unpaired) electrons. The Morgan fingerprint density at radius 2 is 1.65 bits per heavy atom. The van der Waals surface area contributed by atoms with E-state index in [2.05, 4.69) is 20.8 Å². The number of aliphatic hydroxyl groups is 2. The number of halogens is 3. The molecule has 0 aromatic heterocycles. The fourth-order valence-electron chi connectivity index (χ4n) is 9.97. The molecule has 5 rings (SSSR count). The molecule has 1 saturated heterocycles. The molecule has 1 heterocycles. The number of hydrogen-bond donors (Lipinski definition) is 2. The average molecular weight is 487 g/mol. The van der Waals surface area contributed by atoms with Crippen LogP contribution in [-0.2, 0) is 4.74 Å². The molecule has 0 amide bonds. The van der Waals surface area contributed by atoms with Crippen LogP contribution >= 0.6 is 0 Å². The average Bonchev–Trinajstić information content (AvgIpc) is 3.35. The predicted molar refractivity (Wildman–Crippen MR) is 125 cm³/mol. The van der Waals surface area contributed by atoms with Crippen molar-refractivity contribution in [1.82, 2.24) is 0 Å². The largest absolute Gasteiger partial charge is 0.417 e. The van der Waals surface area contributed by atoms with Gasteiger partial charge in [0.1, 0.15) is 0 Å². The number of alkyl halides is 3. The van der Waals surface area contributed by atoms with Gasteiger partial charge in [0.2, 0.25) is 0 Å². The van der Waals surface area contributed by atoms with Crippen LogP contribution in [0.2, 0.25) is 0 Å². The van der Waals surface area contributed by atoms with Crippen LogP contribution < -0.4 is 0 Å². The monoisotopic (exact) mass is 486 g/mol. The first kappa shape index (κ1) is 25.3. The van der Waals surface area contributed by atoms with Crippen LogP contribution in [0, 0.1) is 46.3 Å². The van der Waals surface area contributed by atoms with Gasteiger partial charge in [-0.1, -0.05) is 20.8 Å². The summed E-state index contributed by atoms with van der Waals surface area (Å²) in [4.78, 5) is 0. The van der Waals surface area contributed by atoms with Crippen LogP contribution in [0.1, 0.15) is 97.8 Å². The van der Waals surface area contributed by atoms with Crippen LogP contribution in [0.5, 0.6) is 0 Å². The van der Waals surface area contributed by atoms with Crippen molar-refractivity contribution in [1.29, 1.82) is 0 Å². The molecule has 4 aliphatic carbocycles. The minimum atomic E-state index is -4.52. The van der Waals surface area contributed by atoms with E-state index in [9.17, 15) is 23.4 Å². The second-order valence-electron chi connectivity index (χ2n) is 13.7. The smallest absolute Gasteiger partial charge is 0.387 e. The second kappa shape index (κ2) is 8.34. The van der Waals surface area contributed by atoms with Gasteiger partial charge in [-0.2, -0.15) is 13.2 Å². The van der Waals surface area contributed by atoms with E-state index in [4.69, 9.17) is 4.74 Å². The van der Waals surface area contributed by atoms with Gasteiger partial charge < -0.3 is 14.9 Å². The maximum Gasteiger partial charge on any atom is 0.417 e. The molecule has 34 heavy (non-hydrogen) atoms. The van der Waals surface area contributed by atoms with Gasteiger partial charge >= 0.3 is 6.18 Å². The lowest BCUT2D eigenvalue weighted by atomic mass is 9.43. The van der Waals surface area contributed by atoms with Crippen LogP contribution in [0.3, 0.4) is 0 Å². The molecule has 3 nitrogen and oxygen atoms in total. The number of rotatable bonds is 4. The second-order valence-corrected chi connectivity index (χ2v) is 13.7. The molecule has 10 atom stereocenters. The van der Waals surface area contributed by atoms with Crippen LogP contribution in [-0.4, -0.2) is 40.8 Å². The molecular formula is C28H45F3O3. The van der Waals surface area contributed by atoms with E-state index in [1.165, 1.54) is 19.3 Å². The van der Waals surface area contributed by atoms with Crippen molar-refractivity contribution in [2.24, 2.45) is 46.3 Å². The summed E-state index contributed by atoms with van der Waals surface area (Å²) in [7, 11) is 0. The van der Waals surface area contributed by atoms with Gasteiger partial charge in [0.05, 0.1) is 12.2 Å². The van der Waals surface area contributed by atoms with Crippen molar-refractivity contribution in [2.75, 3.05) is 13.2 Å². The van der Waals surface area contributed by atoms with Crippen LogP contribution in [0.15, 0.2) is 0 Å². The Bertz CT molecular complexity index is 764. The molecule has 4 saturated carbocycles. The lowest BCUT2D eigenvalue weighted by molar-refractivity contribution is -0.290. The zero-order valence-corrected chi connectivity index (χ0v) is 21.3. The maximum absolute atomic E-state index is 13.6. The maximum atomic E-state index is 13.6. The SMILES string of the molecule is C[C@@H](CCC1(O)CCOC1)[C@@H]1CC[C@H]2[C@@H]3CC[C@H]4C[C@](O)(C(F)(F)F)CC[C@]4(C)[C@H]3CC[C@@]21C. The topological polar surface area (TPSA) is 49.7 Å². The van der Waals surface area contributed by atoms with Crippen molar-refractivity contribution in [3.63, 3.8) is 0 Å². The van der Waals surface area contributed by atoms with Crippen molar-refractivity contribution in [2.45, 2.75) is 115 Å². The van der Waals surface area contributed by atoms with Crippen molar-refractivity contribution < 1.29 is 28.1 Å². The summed E-state index contributed by atoms with van der Waals surface area (Å²) >= 11 is 0. The van der Waals surface area contributed by atoms with E-state index in [-0.39, 0.29) is 24.2 Å². The quantitative estimate of drug-likeness (QED) is 0.476. The lowest BCUT2D eigenvalue weighted by Crippen LogP contribution is -2.59. The van der Waals surface area contributed by atoms with Gasteiger partial charge in [0, 0.05) is 13.0 Å². The Balaban J connectivity index is 1.28. The third-order valence-electron chi connectivity index (χ3n) is 12.2. The van der Waals surface area contributed by atoms with E-state index < -0.39 is 17.4 Å². The summed E-state index contributed by atoms with van der Waals surface area (Å²) in [5.74, 6) is 2.98. The molecule has 0 bridgehead atoms. The Hall–Kier alpha value is -0.330. The molecule has 1 unspecified atom stereocenters. The molecule has 0 aromatic rings. The highest BCUT2D eigenvalue weighted by molar-refractivity contribution is 5.11. The molecule has 5 fully saturated rings. The van der Waals surface area contributed by atoms with Gasteiger partial charge in [-0.05, 0) is 117 Å². The fraction of sp³-hybridized carbons (Fsp3) is 1.00. The third kappa shape index (κ3) is 3.88. The first-order valence-electron chi connectivity index (χ1n) is 13.9. The van der Waals surface area contributed by atoms with Crippen molar-refractivity contribution in [3.8, 4) is 0 Å². The van der Waals surface area contributed by atoms with E-state index >= 15 is 0 Å². The summed E-state index contributed by atoms with van der Waals surface area (Å²) in [5.41, 5.74) is -2.90.